The summed E-state index contributed by atoms with van der Waals surface area (Å²) in [6.07, 6.45) is 6.74. The van der Waals surface area contributed by atoms with Gasteiger partial charge in [-0.15, -0.1) is 0 Å². The van der Waals surface area contributed by atoms with Gasteiger partial charge in [-0.1, -0.05) is 37.0 Å². The number of hydrogen-bond acceptors (Lipinski definition) is 5. The summed E-state index contributed by atoms with van der Waals surface area (Å²) in [5.74, 6) is 1.81. The van der Waals surface area contributed by atoms with Crippen LogP contribution in [-0.2, 0) is 4.74 Å². The molecule has 0 bridgehead atoms. The number of carbonyl (C=O) groups is 1. The van der Waals surface area contributed by atoms with E-state index in [1.54, 1.807) is 0 Å². The molecular formula is C18H27N3O2S. The monoisotopic (exact) mass is 349 g/mol. The molecule has 1 aromatic heterocycles. The van der Waals surface area contributed by atoms with Crippen molar-refractivity contribution in [3.8, 4) is 0 Å². The molecule has 4 atom stereocenters. The fourth-order valence-electron chi connectivity index (χ4n) is 4.91. The standard InChI is InChI=1S/C18H27N3O2S/c1-3-19-18-20-10(2)16(24-18)17(22)21-14-12-8-9-23-15(12)13(14)11-6-4-5-7-11/h11-15H,3-9H2,1-2H3,(H,19,20)(H,21,22)/t12-,13+,14+,15-/m1/s1. The number of carbonyl (C=O) groups excluding carboxylic acids is 1. The number of hydrogen-bond donors (Lipinski definition) is 2. The number of fused-ring (bicyclic) bond motifs is 1. The van der Waals surface area contributed by atoms with Gasteiger partial charge < -0.3 is 15.4 Å². The van der Waals surface area contributed by atoms with E-state index in [-0.39, 0.29) is 11.9 Å². The lowest BCUT2D eigenvalue weighted by atomic mass is 9.61. The first-order chi connectivity index (χ1) is 11.7. The van der Waals surface area contributed by atoms with Crippen LogP contribution in [0.5, 0.6) is 0 Å². The van der Waals surface area contributed by atoms with Crippen LogP contribution in [0.3, 0.4) is 0 Å². The summed E-state index contributed by atoms with van der Waals surface area (Å²) in [5, 5.41) is 7.39. The van der Waals surface area contributed by atoms with Gasteiger partial charge in [-0.05, 0) is 26.2 Å². The molecule has 1 aliphatic heterocycles. The molecule has 0 unspecified atom stereocenters. The topological polar surface area (TPSA) is 63.2 Å². The Balaban J connectivity index is 1.47. The Hall–Kier alpha value is -1.14. The number of thiazole rings is 1. The lowest BCUT2D eigenvalue weighted by molar-refractivity contribution is -0.0784. The molecule has 24 heavy (non-hydrogen) atoms. The van der Waals surface area contributed by atoms with Crippen LogP contribution in [0.15, 0.2) is 0 Å². The van der Waals surface area contributed by atoms with E-state index in [1.807, 2.05) is 13.8 Å². The van der Waals surface area contributed by atoms with Gasteiger partial charge in [0.2, 0.25) is 0 Å². The molecule has 4 rings (SSSR count). The van der Waals surface area contributed by atoms with Crippen LogP contribution in [0.4, 0.5) is 5.13 Å². The van der Waals surface area contributed by atoms with Crippen molar-refractivity contribution >= 4 is 22.4 Å². The van der Waals surface area contributed by atoms with Crippen LogP contribution >= 0.6 is 11.3 Å². The molecule has 1 amide bonds. The van der Waals surface area contributed by atoms with E-state index < -0.39 is 0 Å². The molecule has 3 aliphatic rings. The number of anilines is 1. The predicted octanol–water partition coefficient (Wildman–Crippen LogP) is 3.21. The summed E-state index contributed by atoms with van der Waals surface area (Å²) in [5.41, 5.74) is 0.824. The molecule has 3 fully saturated rings. The largest absolute Gasteiger partial charge is 0.377 e. The van der Waals surface area contributed by atoms with E-state index in [1.165, 1.54) is 37.0 Å². The van der Waals surface area contributed by atoms with Crippen LogP contribution in [0.25, 0.3) is 0 Å². The van der Waals surface area contributed by atoms with Crippen molar-refractivity contribution < 1.29 is 9.53 Å². The Labute approximate surface area is 147 Å². The number of nitrogens with one attached hydrogen (secondary N) is 2. The zero-order valence-electron chi connectivity index (χ0n) is 14.5. The van der Waals surface area contributed by atoms with Gasteiger partial charge in [-0.3, -0.25) is 4.79 Å². The number of nitrogens with zero attached hydrogens (tertiary/aromatic N) is 1. The Morgan fingerprint density at radius 2 is 2.12 bits per heavy atom. The van der Waals surface area contributed by atoms with E-state index in [0.717, 1.165) is 41.2 Å². The highest BCUT2D eigenvalue weighted by Gasteiger charge is 2.57. The molecule has 2 aliphatic carbocycles. The first kappa shape index (κ1) is 16.3. The van der Waals surface area contributed by atoms with Crippen LogP contribution in [0.2, 0.25) is 0 Å². The molecule has 2 N–H and O–H groups in total. The zero-order valence-corrected chi connectivity index (χ0v) is 15.3. The SMILES string of the molecule is CCNc1nc(C)c(C(=O)N[C@H]2[C@H]3CCO[C@H]3[C@H]2C2CCCC2)s1. The minimum absolute atomic E-state index is 0.0486. The molecule has 2 saturated carbocycles. The third-order valence-corrected chi connectivity index (χ3v) is 7.13. The quantitative estimate of drug-likeness (QED) is 0.857. The minimum Gasteiger partial charge on any atom is -0.377 e. The molecule has 1 aromatic rings. The van der Waals surface area contributed by atoms with Crippen LogP contribution in [0, 0.1) is 24.7 Å². The van der Waals surface area contributed by atoms with E-state index >= 15 is 0 Å². The number of aromatic nitrogens is 1. The number of rotatable bonds is 5. The Bertz CT molecular complexity index is 607. The average molecular weight is 350 g/mol. The summed E-state index contributed by atoms with van der Waals surface area (Å²) in [6, 6.07) is 0.289. The number of aryl methyl sites for hydroxylation is 1. The minimum atomic E-state index is 0.0486. The molecule has 2 heterocycles. The molecule has 1 saturated heterocycles. The van der Waals surface area contributed by atoms with E-state index in [2.05, 4.69) is 15.6 Å². The highest BCUT2D eigenvalue weighted by Crippen LogP contribution is 2.51. The maximum Gasteiger partial charge on any atom is 0.263 e. The van der Waals surface area contributed by atoms with Crippen molar-refractivity contribution in [2.75, 3.05) is 18.5 Å². The highest BCUT2D eigenvalue weighted by atomic mass is 32.1. The maximum absolute atomic E-state index is 12.8. The van der Waals surface area contributed by atoms with E-state index in [4.69, 9.17) is 4.74 Å². The second kappa shape index (κ2) is 6.64. The molecule has 0 aromatic carbocycles. The number of ether oxygens (including phenoxy) is 1. The van der Waals surface area contributed by atoms with Gasteiger partial charge in [0.25, 0.3) is 5.91 Å². The van der Waals surface area contributed by atoms with E-state index in [9.17, 15) is 4.79 Å². The normalized spacial score (nSPS) is 32.4. The summed E-state index contributed by atoms with van der Waals surface area (Å²) in [7, 11) is 0. The van der Waals surface area contributed by atoms with Crippen molar-refractivity contribution in [3.63, 3.8) is 0 Å². The van der Waals surface area contributed by atoms with Gasteiger partial charge in [0.05, 0.1) is 11.8 Å². The smallest absolute Gasteiger partial charge is 0.263 e. The molecule has 0 radical (unpaired) electrons. The van der Waals surface area contributed by atoms with Crippen LogP contribution in [0.1, 0.15) is 54.4 Å². The second-order valence-electron chi connectivity index (χ2n) is 7.37. The first-order valence-electron chi connectivity index (χ1n) is 9.32. The summed E-state index contributed by atoms with van der Waals surface area (Å²) in [4.78, 5) is 18.0. The third-order valence-electron chi connectivity index (χ3n) is 6.01. The van der Waals surface area contributed by atoms with Crippen LogP contribution < -0.4 is 10.6 Å². The highest BCUT2D eigenvalue weighted by molar-refractivity contribution is 7.17. The maximum atomic E-state index is 12.8. The van der Waals surface area contributed by atoms with Gasteiger partial charge >= 0.3 is 0 Å². The lowest BCUT2D eigenvalue weighted by Gasteiger charge is -2.50. The second-order valence-corrected chi connectivity index (χ2v) is 8.37. The van der Waals surface area contributed by atoms with Crippen molar-refractivity contribution in [2.24, 2.45) is 17.8 Å². The van der Waals surface area contributed by atoms with Gasteiger partial charge in [0.1, 0.15) is 4.88 Å². The van der Waals surface area contributed by atoms with Gasteiger partial charge in [0, 0.05) is 31.0 Å². The third kappa shape index (κ3) is 2.73. The number of amides is 1. The summed E-state index contributed by atoms with van der Waals surface area (Å²) >= 11 is 1.46. The lowest BCUT2D eigenvalue weighted by Crippen LogP contribution is -2.63. The fraction of sp³-hybridized carbons (Fsp3) is 0.778. The summed E-state index contributed by atoms with van der Waals surface area (Å²) < 4.78 is 5.98. The molecule has 132 valence electrons. The molecule has 5 nitrogen and oxygen atoms in total. The average Bonchev–Trinajstić information content (AvgIpc) is 3.27. The van der Waals surface area contributed by atoms with Gasteiger partial charge in [0.15, 0.2) is 5.13 Å². The van der Waals surface area contributed by atoms with Crippen molar-refractivity contribution in [1.82, 2.24) is 10.3 Å². The Morgan fingerprint density at radius 3 is 2.88 bits per heavy atom. The van der Waals surface area contributed by atoms with E-state index in [0.29, 0.717) is 17.9 Å². The Morgan fingerprint density at radius 1 is 1.33 bits per heavy atom. The molecular weight excluding hydrogens is 322 g/mol. The van der Waals surface area contributed by atoms with Crippen molar-refractivity contribution in [1.29, 1.82) is 0 Å². The fourth-order valence-corrected chi connectivity index (χ4v) is 5.85. The molecule has 0 spiro atoms. The van der Waals surface area contributed by atoms with Gasteiger partial charge in [-0.25, -0.2) is 4.98 Å². The summed E-state index contributed by atoms with van der Waals surface area (Å²) in [6.45, 7) is 5.64. The Kier molecular flexibility index (Phi) is 4.52. The van der Waals surface area contributed by atoms with Crippen LogP contribution in [-0.4, -0.2) is 36.2 Å². The first-order valence-corrected chi connectivity index (χ1v) is 10.1. The molecule has 6 heteroatoms. The zero-order chi connectivity index (χ0) is 16.7. The van der Waals surface area contributed by atoms with Crippen molar-refractivity contribution in [2.45, 2.75) is 58.1 Å². The van der Waals surface area contributed by atoms with Gasteiger partial charge in [-0.2, -0.15) is 0 Å². The predicted molar refractivity (Wildman–Crippen MR) is 95.6 cm³/mol. The van der Waals surface area contributed by atoms with Crippen molar-refractivity contribution in [3.05, 3.63) is 10.6 Å².